The topological polar surface area (TPSA) is 79.0 Å². The highest BCUT2D eigenvalue weighted by atomic mass is 16.5. The zero-order valence-electron chi connectivity index (χ0n) is 15.1. The van der Waals surface area contributed by atoms with Crippen LogP contribution in [0, 0.1) is 0 Å². The van der Waals surface area contributed by atoms with Crippen LogP contribution >= 0.6 is 0 Å². The van der Waals surface area contributed by atoms with E-state index in [0.29, 0.717) is 48.7 Å². The molecular formula is C20H21N3O4. The summed E-state index contributed by atoms with van der Waals surface area (Å²) in [5, 5.41) is 2.80. The van der Waals surface area contributed by atoms with Crippen molar-refractivity contribution in [2.75, 3.05) is 38.6 Å². The van der Waals surface area contributed by atoms with Gasteiger partial charge in [0.2, 0.25) is 6.41 Å². The van der Waals surface area contributed by atoms with Gasteiger partial charge in [0, 0.05) is 43.0 Å². The number of nitrogens with one attached hydrogen (secondary N) is 1. The van der Waals surface area contributed by atoms with Gasteiger partial charge in [-0.1, -0.05) is 0 Å². The van der Waals surface area contributed by atoms with Gasteiger partial charge in [-0.05, 0) is 48.5 Å². The molecule has 1 heterocycles. The predicted molar refractivity (Wildman–Crippen MR) is 101 cm³/mol. The van der Waals surface area contributed by atoms with Gasteiger partial charge >= 0.3 is 0 Å². The number of carbonyl (C=O) groups is 3. The van der Waals surface area contributed by atoms with Crippen molar-refractivity contribution >= 4 is 23.9 Å². The van der Waals surface area contributed by atoms with Crippen LogP contribution in [0.2, 0.25) is 0 Å². The fourth-order valence-electron chi connectivity index (χ4n) is 2.85. The fourth-order valence-corrected chi connectivity index (χ4v) is 2.85. The minimum atomic E-state index is -0.251. The monoisotopic (exact) mass is 367 g/mol. The van der Waals surface area contributed by atoms with Crippen molar-refractivity contribution in [1.82, 2.24) is 9.80 Å². The molecule has 7 nitrogen and oxygen atoms in total. The number of methoxy groups -OCH3 is 1. The van der Waals surface area contributed by atoms with Gasteiger partial charge in [0.05, 0.1) is 7.11 Å². The first-order valence-corrected chi connectivity index (χ1v) is 8.65. The molecule has 0 spiro atoms. The zero-order chi connectivity index (χ0) is 19.2. The van der Waals surface area contributed by atoms with Crippen molar-refractivity contribution in [2.24, 2.45) is 0 Å². The molecule has 1 N–H and O–H groups in total. The Hall–Kier alpha value is -3.35. The van der Waals surface area contributed by atoms with Crippen LogP contribution < -0.4 is 10.1 Å². The Morgan fingerprint density at radius 3 is 2.07 bits per heavy atom. The molecule has 1 fully saturated rings. The van der Waals surface area contributed by atoms with Crippen LogP contribution in [-0.2, 0) is 4.79 Å². The quantitative estimate of drug-likeness (QED) is 0.818. The van der Waals surface area contributed by atoms with Gasteiger partial charge in [-0.25, -0.2) is 0 Å². The Kier molecular flexibility index (Phi) is 5.71. The number of hydrogen-bond donors (Lipinski definition) is 1. The summed E-state index contributed by atoms with van der Waals surface area (Å²) in [6, 6.07) is 13.6. The van der Waals surface area contributed by atoms with E-state index in [-0.39, 0.29) is 11.8 Å². The molecule has 2 aromatic rings. The maximum Gasteiger partial charge on any atom is 0.255 e. The lowest BCUT2D eigenvalue weighted by Crippen LogP contribution is -2.48. The third-order valence-corrected chi connectivity index (χ3v) is 4.49. The normalized spacial score (nSPS) is 13.8. The predicted octanol–water partition coefficient (Wildman–Crippen LogP) is 1.86. The second-order valence-corrected chi connectivity index (χ2v) is 6.19. The molecule has 0 atom stereocenters. The third kappa shape index (κ3) is 4.44. The Morgan fingerprint density at radius 1 is 0.926 bits per heavy atom. The molecule has 3 amide bonds. The molecule has 1 saturated heterocycles. The summed E-state index contributed by atoms with van der Waals surface area (Å²) >= 11 is 0. The Labute approximate surface area is 157 Å². The first-order valence-electron chi connectivity index (χ1n) is 8.65. The second kappa shape index (κ2) is 8.35. The average Bonchev–Trinajstić information content (AvgIpc) is 2.74. The summed E-state index contributed by atoms with van der Waals surface area (Å²) in [6.07, 6.45) is 0.804. The van der Waals surface area contributed by atoms with Crippen LogP contribution in [0.25, 0.3) is 0 Å². The molecule has 0 aromatic heterocycles. The smallest absolute Gasteiger partial charge is 0.255 e. The number of ether oxygens (including phenoxy) is 1. The van der Waals surface area contributed by atoms with Crippen LogP contribution in [0.15, 0.2) is 48.5 Å². The van der Waals surface area contributed by atoms with E-state index in [9.17, 15) is 14.4 Å². The number of benzene rings is 2. The Bertz CT molecular complexity index is 810. The van der Waals surface area contributed by atoms with E-state index in [0.717, 1.165) is 6.41 Å². The van der Waals surface area contributed by atoms with E-state index in [4.69, 9.17) is 4.74 Å². The van der Waals surface area contributed by atoms with Gasteiger partial charge in [-0.15, -0.1) is 0 Å². The van der Waals surface area contributed by atoms with E-state index >= 15 is 0 Å². The van der Waals surface area contributed by atoms with Gasteiger partial charge in [0.15, 0.2) is 0 Å². The minimum absolute atomic E-state index is 0.0948. The van der Waals surface area contributed by atoms with Crippen LogP contribution in [0.5, 0.6) is 5.75 Å². The molecule has 1 aliphatic rings. The van der Waals surface area contributed by atoms with Crippen molar-refractivity contribution in [3.63, 3.8) is 0 Å². The van der Waals surface area contributed by atoms with Crippen molar-refractivity contribution in [3.8, 4) is 5.75 Å². The number of rotatable bonds is 5. The molecule has 0 saturated carbocycles. The van der Waals surface area contributed by atoms with E-state index in [1.54, 1.807) is 65.4 Å². The van der Waals surface area contributed by atoms with Crippen LogP contribution in [-0.4, -0.2) is 61.3 Å². The lowest BCUT2D eigenvalue weighted by atomic mass is 10.1. The molecule has 0 aliphatic carbocycles. The number of nitrogens with zero attached hydrogens (tertiary/aromatic N) is 2. The Balaban J connectivity index is 1.61. The molecule has 2 aromatic carbocycles. The van der Waals surface area contributed by atoms with E-state index < -0.39 is 0 Å². The number of hydrogen-bond acceptors (Lipinski definition) is 4. The van der Waals surface area contributed by atoms with Crippen LogP contribution in [0.3, 0.4) is 0 Å². The molecule has 0 unspecified atom stereocenters. The standard InChI is InChI=1S/C20H21N3O4/c1-27-18-8-6-17(7-9-18)21-19(25)15-2-4-16(5-3-15)20(26)23-12-10-22(14-24)11-13-23/h2-9,14H,10-13H2,1H3,(H,21,25). The van der Waals surface area contributed by atoms with E-state index in [1.807, 2.05) is 0 Å². The number of piperazine rings is 1. The summed E-state index contributed by atoms with van der Waals surface area (Å²) < 4.78 is 5.09. The zero-order valence-corrected chi connectivity index (χ0v) is 15.1. The highest BCUT2D eigenvalue weighted by Gasteiger charge is 2.21. The minimum Gasteiger partial charge on any atom is -0.497 e. The first kappa shape index (κ1) is 18.4. The SMILES string of the molecule is COc1ccc(NC(=O)c2ccc(C(=O)N3CCN(C=O)CC3)cc2)cc1. The van der Waals surface area contributed by atoms with Crippen molar-refractivity contribution < 1.29 is 19.1 Å². The molecular weight excluding hydrogens is 346 g/mol. The Morgan fingerprint density at radius 2 is 1.52 bits per heavy atom. The molecule has 0 bridgehead atoms. The van der Waals surface area contributed by atoms with Gasteiger partial charge in [0.25, 0.3) is 11.8 Å². The summed E-state index contributed by atoms with van der Waals surface area (Å²) in [4.78, 5) is 39.0. The summed E-state index contributed by atoms with van der Waals surface area (Å²) in [7, 11) is 1.58. The van der Waals surface area contributed by atoms with Crippen molar-refractivity contribution in [2.45, 2.75) is 0 Å². The average molecular weight is 367 g/mol. The molecule has 0 radical (unpaired) electrons. The summed E-state index contributed by atoms with van der Waals surface area (Å²) in [5.74, 6) is 0.367. The van der Waals surface area contributed by atoms with Gasteiger partial charge in [-0.2, -0.15) is 0 Å². The van der Waals surface area contributed by atoms with Gasteiger partial charge in [-0.3, -0.25) is 14.4 Å². The highest BCUT2D eigenvalue weighted by Crippen LogP contribution is 2.16. The second-order valence-electron chi connectivity index (χ2n) is 6.19. The molecule has 7 heteroatoms. The maximum atomic E-state index is 12.5. The van der Waals surface area contributed by atoms with Crippen molar-refractivity contribution in [1.29, 1.82) is 0 Å². The largest absolute Gasteiger partial charge is 0.497 e. The van der Waals surface area contributed by atoms with Crippen LogP contribution in [0.4, 0.5) is 5.69 Å². The maximum absolute atomic E-state index is 12.5. The lowest BCUT2D eigenvalue weighted by molar-refractivity contribution is -0.119. The summed E-state index contributed by atoms with van der Waals surface area (Å²) in [6.45, 7) is 2.10. The molecule has 27 heavy (non-hydrogen) atoms. The number of anilines is 1. The van der Waals surface area contributed by atoms with E-state index in [1.165, 1.54) is 0 Å². The van der Waals surface area contributed by atoms with E-state index in [2.05, 4.69) is 5.32 Å². The highest BCUT2D eigenvalue weighted by molar-refractivity contribution is 6.05. The third-order valence-electron chi connectivity index (χ3n) is 4.49. The number of carbonyl (C=O) groups excluding carboxylic acids is 3. The molecule has 140 valence electrons. The fraction of sp³-hybridized carbons (Fsp3) is 0.250. The first-order chi connectivity index (χ1) is 13.1. The van der Waals surface area contributed by atoms with Crippen molar-refractivity contribution in [3.05, 3.63) is 59.7 Å². The number of amides is 3. The van der Waals surface area contributed by atoms with Gasteiger partial charge < -0.3 is 19.9 Å². The molecule has 1 aliphatic heterocycles. The lowest BCUT2D eigenvalue weighted by Gasteiger charge is -2.32. The van der Waals surface area contributed by atoms with Gasteiger partial charge in [0.1, 0.15) is 5.75 Å². The summed E-state index contributed by atoms with van der Waals surface area (Å²) in [5.41, 5.74) is 1.65. The molecule has 3 rings (SSSR count). The van der Waals surface area contributed by atoms with Crippen LogP contribution in [0.1, 0.15) is 20.7 Å².